The molecule has 114 valence electrons. The third-order valence-electron chi connectivity index (χ3n) is 4.26. The third-order valence-corrected chi connectivity index (χ3v) is 4.26. The number of rotatable bonds is 3. The number of nitrogens with one attached hydrogen (secondary N) is 1. The molecule has 4 heteroatoms. The Bertz CT molecular complexity index is 690. The first kappa shape index (κ1) is 14.6. The van der Waals surface area contributed by atoms with E-state index in [1.165, 1.54) is 11.1 Å². The molecule has 1 saturated heterocycles. The molecular weight excluding hydrogens is 274 g/mol. The normalized spacial score (nSPS) is 14.2. The van der Waals surface area contributed by atoms with Gasteiger partial charge >= 0.3 is 0 Å². The molecule has 1 aliphatic rings. The van der Waals surface area contributed by atoms with E-state index in [1.807, 2.05) is 23.1 Å². The van der Waals surface area contributed by atoms with Gasteiger partial charge in [-0.15, -0.1) is 0 Å². The molecule has 1 N–H and O–H groups in total. The van der Waals surface area contributed by atoms with E-state index in [9.17, 15) is 4.79 Å². The molecule has 2 aromatic rings. The minimum atomic E-state index is 0.0783. The first-order chi connectivity index (χ1) is 10.6. The maximum absolute atomic E-state index is 12.4. The number of benzene rings is 1. The highest BCUT2D eigenvalue weighted by atomic mass is 16.2. The van der Waals surface area contributed by atoms with Crippen LogP contribution >= 0.6 is 0 Å². The van der Waals surface area contributed by atoms with Gasteiger partial charge in [0.15, 0.2) is 0 Å². The van der Waals surface area contributed by atoms with E-state index in [0.29, 0.717) is 5.56 Å². The van der Waals surface area contributed by atoms with Gasteiger partial charge in [0, 0.05) is 25.0 Å². The van der Waals surface area contributed by atoms with E-state index in [2.05, 4.69) is 30.2 Å². The minimum absolute atomic E-state index is 0.0783. The van der Waals surface area contributed by atoms with Gasteiger partial charge in [0.2, 0.25) is 0 Å². The van der Waals surface area contributed by atoms with Gasteiger partial charge in [0.05, 0.1) is 17.4 Å². The van der Waals surface area contributed by atoms with E-state index in [0.717, 1.165) is 37.3 Å². The van der Waals surface area contributed by atoms with Gasteiger partial charge in [-0.25, -0.2) is 0 Å². The summed E-state index contributed by atoms with van der Waals surface area (Å²) in [6, 6.07) is 8.04. The number of hydrogen-bond acceptors (Lipinski definition) is 3. The number of amides is 1. The van der Waals surface area contributed by atoms with Crippen LogP contribution in [0.1, 0.15) is 34.3 Å². The predicted octanol–water partition coefficient (Wildman–Crippen LogP) is 3.68. The smallest absolute Gasteiger partial charge is 0.255 e. The van der Waals surface area contributed by atoms with Crippen LogP contribution in [-0.2, 0) is 0 Å². The van der Waals surface area contributed by atoms with Crippen molar-refractivity contribution in [1.82, 2.24) is 9.88 Å². The summed E-state index contributed by atoms with van der Waals surface area (Å²) in [5, 5.41) is 3.37. The summed E-state index contributed by atoms with van der Waals surface area (Å²) in [7, 11) is 0. The molecule has 4 nitrogen and oxygen atoms in total. The van der Waals surface area contributed by atoms with E-state index in [1.54, 1.807) is 12.4 Å². The van der Waals surface area contributed by atoms with Gasteiger partial charge in [0.1, 0.15) is 0 Å². The van der Waals surface area contributed by atoms with Crippen LogP contribution in [0.2, 0.25) is 0 Å². The molecule has 1 amide bonds. The highest BCUT2D eigenvalue weighted by molar-refractivity contribution is 5.95. The summed E-state index contributed by atoms with van der Waals surface area (Å²) in [6.45, 7) is 5.89. The van der Waals surface area contributed by atoms with Crippen LogP contribution in [0.25, 0.3) is 0 Å². The maximum atomic E-state index is 12.4. The largest absolute Gasteiger partial charge is 0.354 e. The Labute approximate surface area is 131 Å². The van der Waals surface area contributed by atoms with Crippen molar-refractivity contribution >= 4 is 17.3 Å². The van der Waals surface area contributed by atoms with Gasteiger partial charge in [-0.3, -0.25) is 9.78 Å². The number of carbonyl (C=O) groups excluding carboxylic acids is 1. The molecule has 0 saturated carbocycles. The molecule has 1 aromatic carbocycles. The fourth-order valence-corrected chi connectivity index (χ4v) is 2.77. The van der Waals surface area contributed by atoms with Crippen LogP contribution in [0.15, 0.2) is 36.7 Å². The highest BCUT2D eigenvalue weighted by Gasteiger charge is 2.19. The van der Waals surface area contributed by atoms with Crippen LogP contribution in [0, 0.1) is 13.8 Å². The first-order valence-electron chi connectivity index (χ1n) is 7.73. The predicted molar refractivity (Wildman–Crippen MR) is 88.6 cm³/mol. The van der Waals surface area contributed by atoms with E-state index in [-0.39, 0.29) is 5.91 Å². The van der Waals surface area contributed by atoms with E-state index in [4.69, 9.17) is 0 Å². The van der Waals surface area contributed by atoms with Crippen molar-refractivity contribution in [2.24, 2.45) is 0 Å². The number of hydrogen-bond donors (Lipinski definition) is 1. The van der Waals surface area contributed by atoms with Gasteiger partial charge in [0.25, 0.3) is 5.91 Å². The number of anilines is 2. The zero-order chi connectivity index (χ0) is 15.5. The lowest BCUT2D eigenvalue weighted by molar-refractivity contribution is 0.0792. The number of carbonyl (C=O) groups is 1. The van der Waals surface area contributed by atoms with Crippen LogP contribution in [0.3, 0.4) is 0 Å². The zero-order valence-corrected chi connectivity index (χ0v) is 13.1. The van der Waals surface area contributed by atoms with Gasteiger partial charge < -0.3 is 10.2 Å². The second kappa shape index (κ2) is 6.18. The van der Waals surface area contributed by atoms with Crippen molar-refractivity contribution in [3.63, 3.8) is 0 Å². The molecule has 0 radical (unpaired) electrons. The molecule has 22 heavy (non-hydrogen) atoms. The van der Waals surface area contributed by atoms with Crippen LogP contribution in [-0.4, -0.2) is 28.9 Å². The van der Waals surface area contributed by atoms with Crippen molar-refractivity contribution in [3.05, 3.63) is 53.3 Å². The monoisotopic (exact) mass is 295 g/mol. The lowest BCUT2D eigenvalue weighted by atomic mass is 10.1. The highest BCUT2D eigenvalue weighted by Crippen LogP contribution is 2.23. The van der Waals surface area contributed by atoms with Gasteiger partial charge in [-0.2, -0.15) is 0 Å². The Hall–Kier alpha value is -2.36. The summed E-state index contributed by atoms with van der Waals surface area (Å²) in [4.78, 5) is 18.5. The lowest BCUT2D eigenvalue weighted by Crippen LogP contribution is -2.27. The Morgan fingerprint density at radius 2 is 1.95 bits per heavy atom. The minimum Gasteiger partial charge on any atom is -0.354 e. The van der Waals surface area contributed by atoms with Crippen molar-refractivity contribution in [2.45, 2.75) is 26.7 Å². The maximum Gasteiger partial charge on any atom is 0.255 e. The summed E-state index contributed by atoms with van der Waals surface area (Å²) in [5.74, 6) is 0.0783. The van der Waals surface area contributed by atoms with Crippen molar-refractivity contribution < 1.29 is 4.79 Å². The van der Waals surface area contributed by atoms with Crippen molar-refractivity contribution in [3.8, 4) is 0 Å². The molecule has 0 bridgehead atoms. The van der Waals surface area contributed by atoms with Gasteiger partial charge in [-0.1, -0.05) is 12.1 Å². The molecule has 1 fully saturated rings. The fourth-order valence-electron chi connectivity index (χ4n) is 2.77. The SMILES string of the molecule is Cc1cccc(Nc2cncc(C(=O)N3CCCC3)c2)c1C. The van der Waals surface area contributed by atoms with Crippen LogP contribution < -0.4 is 5.32 Å². The summed E-state index contributed by atoms with van der Waals surface area (Å²) in [6.07, 6.45) is 5.59. The summed E-state index contributed by atoms with van der Waals surface area (Å²) in [5.41, 5.74) is 4.99. The quantitative estimate of drug-likeness (QED) is 0.939. The van der Waals surface area contributed by atoms with E-state index < -0.39 is 0 Å². The molecule has 0 atom stereocenters. The van der Waals surface area contributed by atoms with Crippen molar-refractivity contribution in [2.75, 3.05) is 18.4 Å². The molecule has 3 rings (SSSR count). The average molecular weight is 295 g/mol. The molecule has 2 heterocycles. The molecular formula is C18H21N3O. The Kier molecular flexibility index (Phi) is 4.09. The molecule has 0 spiro atoms. The first-order valence-corrected chi connectivity index (χ1v) is 7.73. The molecule has 0 aliphatic carbocycles. The van der Waals surface area contributed by atoms with E-state index >= 15 is 0 Å². The summed E-state index contributed by atoms with van der Waals surface area (Å²) >= 11 is 0. The molecule has 1 aromatic heterocycles. The van der Waals surface area contributed by atoms with Crippen molar-refractivity contribution in [1.29, 1.82) is 0 Å². The number of aryl methyl sites for hydroxylation is 1. The van der Waals surface area contributed by atoms with Gasteiger partial charge in [-0.05, 0) is 49.9 Å². The third kappa shape index (κ3) is 2.96. The number of nitrogens with zero attached hydrogens (tertiary/aromatic N) is 2. The fraction of sp³-hybridized carbons (Fsp3) is 0.333. The topological polar surface area (TPSA) is 45.2 Å². The molecule has 1 aliphatic heterocycles. The van der Waals surface area contributed by atoms with Crippen LogP contribution in [0.4, 0.5) is 11.4 Å². The summed E-state index contributed by atoms with van der Waals surface area (Å²) < 4.78 is 0. The number of aromatic nitrogens is 1. The Morgan fingerprint density at radius 1 is 1.18 bits per heavy atom. The van der Waals surface area contributed by atoms with Crippen LogP contribution in [0.5, 0.6) is 0 Å². The Morgan fingerprint density at radius 3 is 2.73 bits per heavy atom. The lowest BCUT2D eigenvalue weighted by Gasteiger charge is -2.16. The second-order valence-corrected chi connectivity index (χ2v) is 5.83. The zero-order valence-electron chi connectivity index (χ0n) is 13.1. The second-order valence-electron chi connectivity index (χ2n) is 5.83. The molecule has 0 unspecified atom stereocenters. The Balaban J connectivity index is 1.82. The number of likely N-dealkylation sites (tertiary alicyclic amines) is 1. The standard InChI is InChI=1S/C18H21N3O/c1-13-6-5-7-17(14(13)2)20-16-10-15(11-19-12-16)18(22)21-8-3-4-9-21/h5-7,10-12,20H,3-4,8-9H2,1-2H3. The average Bonchev–Trinajstić information content (AvgIpc) is 3.06. The number of pyridine rings is 1.